The van der Waals surface area contributed by atoms with Gasteiger partial charge in [-0.1, -0.05) is 0 Å². The zero-order valence-electron chi connectivity index (χ0n) is 14.0. The average Bonchev–Trinajstić information content (AvgIpc) is 3.18. The molecule has 1 aliphatic rings. The van der Waals surface area contributed by atoms with Gasteiger partial charge in [-0.15, -0.1) is 0 Å². The van der Waals surface area contributed by atoms with Crippen LogP contribution in [0.25, 0.3) is 11.0 Å². The van der Waals surface area contributed by atoms with Gasteiger partial charge in [0.2, 0.25) is 0 Å². The van der Waals surface area contributed by atoms with Gasteiger partial charge in [-0.25, -0.2) is 9.97 Å². The molecule has 4 rings (SSSR count). The number of piperidine rings is 1. The molecule has 1 atom stereocenters. The maximum Gasteiger partial charge on any atom is 0.253 e. The number of rotatable bonds is 2. The molecule has 3 aromatic rings. The zero-order valence-corrected chi connectivity index (χ0v) is 14.0. The van der Waals surface area contributed by atoms with Crippen LogP contribution in [-0.4, -0.2) is 43.8 Å². The number of imidazole rings is 2. The Labute approximate surface area is 140 Å². The van der Waals surface area contributed by atoms with Crippen molar-refractivity contribution in [2.75, 3.05) is 13.1 Å². The number of fused-ring (bicyclic) bond motifs is 1. The van der Waals surface area contributed by atoms with E-state index in [4.69, 9.17) is 0 Å². The van der Waals surface area contributed by atoms with Crippen molar-refractivity contribution >= 4 is 16.9 Å². The predicted octanol–water partition coefficient (Wildman–Crippen LogP) is 2.92. The Hall–Kier alpha value is -2.63. The van der Waals surface area contributed by atoms with E-state index in [-0.39, 0.29) is 11.8 Å². The fourth-order valence-corrected chi connectivity index (χ4v) is 3.48. The van der Waals surface area contributed by atoms with E-state index in [1.165, 1.54) is 0 Å². The summed E-state index contributed by atoms with van der Waals surface area (Å²) in [5.41, 5.74) is 3.58. The number of carbonyl (C=O) groups excluding carboxylic acids is 1. The molecule has 6 nitrogen and oxygen atoms in total. The Morgan fingerprint density at radius 1 is 1.29 bits per heavy atom. The van der Waals surface area contributed by atoms with Gasteiger partial charge in [0.1, 0.15) is 11.6 Å². The molecule has 1 aromatic carbocycles. The Morgan fingerprint density at radius 3 is 2.96 bits per heavy atom. The summed E-state index contributed by atoms with van der Waals surface area (Å²) in [6.07, 6.45) is 3.92. The van der Waals surface area contributed by atoms with Crippen LogP contribution in [0.1, 0.15) is 46.5 Å². The van der Waals surface area contributed by atoms with E-state index in [1.54, 1.807) is 0 Å². The first kappa shape index (κ1) is 14.9. The van der Waals surface area contributed by atoms with Crippen molar-refractivity contribution in [3.05, 3.63) is 47.3 Å². The molecule has 0 unspecified atom stereocenters. The second-order valence-corrected chi connectivity index (χ2v) is 6.60. The standard InChI is InChI=1S/C18H21N5O/c1-11-9-19-17(20-11)14-4-3-7-23(10-14)18(24)13-5-6-15-16(8-13)22-12(2)21-15/h5-6,8-9,14H,3-4,7,10H2,1-2H3,(H,19,20)(H,21,22)/t14-/m0/s1. The van der Waals surface area contributed by atoms with Gasteiger partial charge >= 0.3 is 0 Å². The minimum atomic E-state index is 0.0807. The number of benzene rings is 1. The molecule has 24 heavy (non-hydrogen) atoms. The number of nitrogens with zero attached hydrogens (tertiary/aromatic N) is 3. The van der Waals surface area contributed by atoms with Gasteiger partial charge in [0, 0.05) is 36.5 Å². The third-order valence-corrected chi connectivity index (χ3v) is 4.67. The highest BCUT2D eigenvalue weighted by atomic mass is 16.2. The van der Waals surface area contributed by atoms with Crippen molar-refractivity contribution in [2.24, 2.45) is 0 Å². The average molecular weight is 323 g/mol. The molecule has 1 amide bonds. The minimum absolute atomic E-state index is 0.0807. The van der Waals surface area contributed by atoms with E-state index in [9.17, 15) is 4.79 Å². The van der Waals surface area contributed by atoms with Gasteiger partial charge in [-0.2, -0.15) is 0 Å². The number of aryl methyl sites for hydroxylation is 2. The lowest BCUT2D eigenvalue weighted by molar-refractivity contribution is 0.0705. The number of carbonyl (C=O) groups is 1. The lowest BCUT2D eigenvalue weighted by Gasteiger charge is -2.32. The smallest absolute Gasteiger partial charge is 0.253 e. The van der Waals surface area contributed by atoms with Crippen LogP contribution in [-0.2, 0) is 0 Å². The van der Waals surface area contributed by atoms with Crippen molar-refractivity contribution < 1.29 is 4.79 Å². The van der Waals surface area contributed by atoms with Gasteiger partial charge in [0.15, 0.2) is 0 Å². The number of amides is 1. The summed E-state index contributed by atoms with van der Waals surface area (Å²) in [6.45, 7) is 5.44. The van der Waals surface area contributed by atoms with E-state index in [0.29, 0.717) is 12.1 Å². The Bertz CT molecular complexity index is 894. The maximum absolute atomic E-state index is 12.9. The number of H-pyrrole nitrogens is 2. The van der Waals surface area contributed by atoms with E-state index in [2.05, 4.69) is 19.9 Å². The quantitative estimate of drug-likeness (QED) is 0.761. The van der Waals surface area contributed by atoms with Crippen LogP contribution in [0.3, 0.4) is 0 Å². The largest absolute Gasteiger partial charge is 0.346 e. The Morgan fingerprint density at radius 2 is 2.17 bits per heavy atom. The van der Waals surface area contributed by atoms with Gasteiger partial charge in [0.25, 0.3) is 5.91 Å². The van der Waals surface area contributed by atoms with Crippen LogP contribution < -0.4 is 0 Å². The number of nitrogens with one attached hydrogen (secondary N) is 2. The maximum atomic E-state index is 12.9. The summed E-state index contributed by atoms with van der Waals surface area (Å²) in [7, 11) is 0. The predicted molar refractivity (Wildman–Crippen MR) is 92.0 cm³/mol. The molecule has 1 saturated heterocycles. The molecule has 2 aromatic heterocycles. The molecule has 0 radical (unpaired) electrons. The molecule has 6 heteroatoms. The lowest BCUT2D eigenvalue weighted by atomic mass is 9.96. The highest BCUT2D eigenvalue weighted by Crippen LogP contribution is 2.26. The van der Waals surface area contributed by atoms with Crippen LogP contribution in [0.5, 0.6) is 0 Å². The SMILES string of the molecule is Cc1cnc([C@H]2CCCN(C(=O)c3ccc4nc(C)[nH]c4c3)C2)[nH]1. The van der Waals surface area contributed by atoms with Crippen molar-refractivity contribution in [1.82, 2.24) is 24.8 Å². The number of hydrogen-bond acceptors (Lipinski definition) is 3. The third kappa shape index (κ3) is 2.68. The zero-order chi connectivity index (χ0) is 16.7. The number of aromatic amines is 2. The second-order valence-electron chi connectivity index (χ2n) is 6.60. The molecule has 0 aliphatic carbocycles. The molecule has 2 N–H and O–H groups in total. The molecular formula is C18H21N5O. The van der Waals surface area contributed by atoms with Crippen LogP contribution in [0.4, 0.5) is 0 Å². The first-order valence-electron chi connectivity index (χ1n) is 8.37. The topological polar surface area (TPSA) is 77.7 Å². The second kappa shape index (κ2) is 5.78. The first-order chi connectivity index (χ1) is 11.6. The molecule has 0 spiro atoms. The summed E-state index contributed by atoms with van der Waals surface area (Å²) in [6, 6.07) is 5.67. The normalized spacial score (nSPS) is 18.2. The number of likely N-dealkylation sites (tertiary alicyclic amines) is 1. The summed E-state index contributed by atoms with van der Waals surface area (Å²) in [4.78, 5) is 30.2. The van der Waals surface area contributed by atoms with Gasteiger partial charge < -0.3 is 14.9 Å². The summed E-state index contributed by atoms with van der Waals surface area (Å²) in [5.74, 6) is 2.22. The Balaban J connectivity index is 1.56. The van der Waals surface area contributed by atoms with Crippen molar-refractivity contribution in [2.45, 2.75) is 32.6 Å². The summed E-state index contributed by atoms with van der Waals surface area (Å²) < 4.78 is 0. The minimum Gasteiger partial charge on any atom is -0.346 e. The number of aromatic nitrogens is 4. The van der Waals surface area contributed by atoms with Gasteiger partial charge in [0.05, 0.1) is 11.0 Å². The highest BCUT2D eigenvalue weighted by Gasteiger charge is 2.27. The fourth-order valence-electron chi connectivity index (χ4n) is 3.48. The summed E-state index contributed by atoms with van der Waals surface area (Å²) in [5, 5.41) is 0. The van der Waals surface area contributed by atoms with E-state index in [0.717, 1.165) is 47.8 Å². The first-order valence-corrected chi connectivity index (χ1v) is 8.37. The van der Waals surface area contributed by atoms with Crippen LogP contribution in [0.15, 0.2) is 24.4 Å². The van der Waals surface area contributed by atoms with Gasteiger partial charge in [-0.3, -0.25) is 4.79 Å². The number of hydrogen-bond donors (Lipinski definition) is 2. The van der Waals surface area contributed by atoms with Crippen LogP contribution in [0, 0.1) is 13.8 Å². The Kier molecular flexibility index (Phi) is 3.59. The monoisotopic (exact) mass is 323 g/mol. The van der Waals surface area contributed by atoms with Crippen LogP contribution in [0.2, 0.25) is 0 Å². The van der Waals surface area contributed by atoms with E-state index < -0.39 is 0 Å². The molecule has 0 bridgehead atoms. The molecule has 1 aliphatic heterocycles. The molecule has 1 fully saturated rings. The molecular weight excluding hydrogens is 302 g/mol. The van der Waals surface area contributed by atoms with E-state index >= 15 is 0 Å². The van der Waals surface area contributed by atoms with Crippen LogP contribution >= 0.6 is 0 Å². The molecule has 0 saturated carbocycles. The fraction of sp³-hybridized carbons (Fsp3) is 0.389. The third-order valence-electron chi connectivity index (χ3n) is 4.67. The summed E-state index contributed by atoms with van der Waals surface area (Å²) >= 11 is 0. The van der Waals surface area contributed by atoms with Crippen molar-refractivity contribution in [1.29, 1.82) is 0 Å². The van der Waals surface area contributed by atoms with E-state index in [1.807, 2.05) is 43.1 Å². The molecule has 3 heterocycles. The van der Waals surface area contributed by atoms with Crippen molar-refractivity contribution in [3.63, 3.8) is 0 Å². The lowest BCUT2D eigenvalue weighted by Crippen LogP contribution is -2.39. The van der Waals surface area contributed by atoms with Crippen molar-refractivity contribution in [3.8, 4) is 0 Å². The van der Waals surface area contributed by atoms with Gasteiger partial charge in [-0.05, 0) is 44.9 Å². The highest BCUT2D eigenvalue weighted by molar-refractivity contribution is 5.97. The molecule has 124 valence electrons.